The highest BCUT2D eigenvalue weighted by molar-refractivity contribution is 5.56. The van der Waals surface area contributed by atoms with Crippen molar-refractivity contribution in [1.29, 1.82) is 0 Å². The van der Waals surface area contributed by atoms with E-state index in [4.69, 9.17) is 0 Å². The third-order valence-corrected chi connectivity index (χ3v) is 0.645. The predicted molar refractivity (Wildman–Crippen MR) is 27.5 cm³/mol. The molecule has 0 atom stereocenters. The van der Waals surface area contributed by atoms with E-state index in [0.717, 1.165) is 0 Å². The van der Waals surface area contributed by atoms with E-state index in [1.54, 1.807) is 11.1 Å². The Morgan fingerprint density at radius 1 is 1.86 bits per heavy atom. The van der Waals surface area contributed by atoms with Gasteiger partial charge in [0.15, 0.2) is 6.34 Å². The lowest BCUT2D eigenvalue weighted by Crippen LogP contribution is -2.15. The average molecular weight is 96.1 g/mol. The standard InChI is InChI=1S/C4H6N3/c1-7-3-2-5-6-4-7/h2-3,5H,1H3. The maximum Gasteiger partial charge on any atom is 0.197 e. The van der Waals surface area contributed by atoms with Crippen molar-refractivity contribution in [2.45, 2.75) is 0 Å². The highest BCUT2D eigenvalue weighted by Crippen LogP contribution is 1.80. The molecule has 0 aromatic carbocycles. The summed E-state index contributed by atoms with van der Waals surface area (Å²) in [6.07, 6.45) is 6.20. The molecule has 0 aromatic rings. The summed E-state index contributed by atoms with van der Waals surface area (Å²) in [5, 5.41) is 3.60. The molecule has 0 aromatic heterocycles. The van der Waals surface area contributed by atoms with Gasteiger partial charge in [0, 0.05) is 19.4 Å². The third-order valence-electron chi connectivity index (χ3n) is 0.645. The van der Waals surface area contributed by atoms with Crippen LogP contribution < -0.4 is 5.43 Å². The topological polar surface area (TPSA) is 27.6 Å². The normalized spacial score (nSPS) is 17.0. The highest BCUT2D eigenvalue weighted by atomic mass is 15.3. The Kier molecular flexibility index (Phi) is 0.978. The molecular formula is C4H6N3. The minimum absolute atomic E-state index is 1.73. The molecule has 1 rings (SSSR count). The van der Waals surface area contributed by atoms with E-state index in [1.165, 1.54) is 0 Å². The zero-order valence-electron chi connectivity index (χ0n) is 4.05. The van der Waals surface area contributed by atoms with Crippen molar-refractivity contribution >= 4 is 6.34 Å². The van der Waals surface area contributed by atoms with Crippen molar-refractivity contribution in [3.05, 3.63) is 12.4 Å². The predicted octanol–water partition coefficient (Wildman–Crippen LogP) is -0.187. The molecule has 0 bridgehead atoms. The molecule has 0 fully saturated rings. The molecule has 3 nitrogen and oxygen atoms in total. The monoisotopic (exact) mass is 96.1 g/mol. The Morgan fingerprint density at radius 3 is 3.00 bits per heavy atom. The summed E-state index contributed by atoms with van der Waals surface area (Å²) in [4.78, 5) is 1.73. The first-order valence-electron chi connectivity index (χ1n) is 2.00. The van der Waals surface area contributed by atoms with E-state index in [2.05, 4.69) is 16.9 Å². The van der Waals surface area contributed by atoms with Gasteiger partial charge in [0.05, 0.1) is 0 Å². The lowest BCUT2D eigenvalue weighted by atomic mass is 10.8. The highest BCUT2D eigenvalue weighted by Gasteiger charge is 1.85. The molecule has 3 heteroatoms. The molecule has 0 unspecified atom stereocenters. The third kappa shape index (κ3) is 0.924. The Balaban J connectivity index is 2.49. The largest absolute Gasteiger partial charge is 0.330 e. The van der Waals surface area contributed by atoms with Crippen LogP contribution in [0.5, 0.6) is 0 Å². The quantitative estimate of drug-likeness (QED) is 0.452. The van der Waals surface area contributed by atoms with Crippen LogP contribution in [0.15, 0.2) is 17.5 Å². The second-order valence-corrected chi connectivity index (χ2v) is 1.27. The van der Waals surface area contributed by atoms with E-state index < -0.39 is 0 Å². The number of hydrogen-bond acceptors (Lipinski definition) is 3. The average Bonchev–Trinajstić information content (AvgIpc) is 1.69. The van der Waals surface area contributed by atoms with Gasteiger partial charge in [0.2, 0.25) is 0 Å². The van der Waals surface area contributed by atoms with Crippen LogP contribution in [0.1, 0.15) is 0 Å². The van der Waals surface area contributed by atoms with Crippen LogP contribution >= 0.6 is 0 Å². The molecule has 1 N–H and O–H groups in total. The van der Waals surface area contributed by atoms with Gasteiger partial charge >= 0.3 is 0 Å². The van der Waals surface area contributed by atoms with Crippen molar-refractivity contribution in [3.8, 4) is 0 Å². The Labute approximate surface area is 42.3 Å². The molecule has 0 saturated carbocycles. The number of hydrogen-bond donors (Lipinski definition) is 1. The molecule has 1 radical (unpaired) electrons. The van der Waals surface area contributed by atoms with Crippen molar-refractivity contribution in [1.82, 2.24) is 10.3 Å². The molecule has 0 aliphatic carbocycles. The van der Waals surface area contributed by atoms with Gasteiger partial charge in [-0.3, -0.25) is 5.43 Å². The van der Waals surface area contributed by atoms with E-state index in [0.29, 0.717) is 0 Å². The number of hydrazone groups is 1. The van der Waals surface area contributed by atoms with Gasteiger partial charge in [-0.2, -0.15) is 5.10 Å². The lowest BCUT2D eigenvalue weighted by molar-refractivity contribution is 0.668. The van der Waals surface area contributed by atoms with E-state index in [-0.39, 0.29) is 0 Å². The summed E-state index contributed by atoms with van der Waals surface area (Å²) >= 11 is 0. The molecule has 0 spiro atoms. The molecule has 0 amide bonds. The zero-order chi connectivity index (χ0) is 5.11. The van der Waals surface area contributed by atoms with Gasteiger partial charge in [-0.05, 0) is 0 Å². The van der Waals surface area contributed by atoms with Crippen molar-refractivity contribution in [2.24, 2.45) is 5.10 Å². The smallest absolute Gasteiger partial charge is 0.197 e. The van der Waals surface area contributed by atoms with Gasteiger partial charge < -0.3 is 4.90 Å². The molecular weight excluding hydrogens is 90.1 g/mol. The van der Waals surface area contributed by atoms with Crippen LogP contribution in [-0.2, 0) is 0 Å². The van der Waals surface area contributed by atoms with Crippen LogP contribution in [0, 0.1) is 0 Å². The summed E-state index contributed by atoms with van der Waals surface area (Å²) in [7, 11) is 1.86. The Morgan fingerprint density at radius 2 is 2.71 bits per heavy atom. The molecule has 1 aliphatic rings. The Hall–Kier alpha value is -0.990. The second kappa shape index (κ2) is 1.64. The van der Waals surface area contributed by atoms with E-state index in [9.17, 15) is 0 Å². The lowest BCUT2D eigenvalue weighted by Gasteiger charge is -2.06. The van der Waals surface area contributed by atoms with Gasteiger partial charge in [-0.15, -0.1) is 0 Å². The number of nitrogens with zero attached hydrogens (tertiary/aromatic N) is 2. The Bertz CT molecular complexity index is 93.5. The minimum atomic E-state index is 1.73. The van der Waals surface area contributed by atoms with Crippen LogP contribution in [-0.4, -0.2) is 18.3 Å². The first-order chi connectivity index (χ1) is 3.39. The number of nitrogens with one attached hydrogen (secondary N) is 1. The molecule has 1 heterocycles. The fourth-order valence-corrected chi connectivity index (χ4v) is 0.323. The first kappa shape index (κ1) is 4.18. The molecule has 0 saturated heterocycles. The van der Waals surface area contributed by atoms with Gasteiger partial charge in [0.1, 0.15) is 0 Å². The van der Waals surface area contributed by atoms with Crippen LogP contribution in [0.2, 0.25) is 0 Å². The van der Waals surface area contributed by atoms with E-state index >= 15 is 0 Å². The first-order valence-corrected chi connectivity index (χ1v) is 2.00. The fraction of sp³-hybridized carbons (Fsp3) is 0.250. The van der Waals surface area contributed by atoms with Gasteiger partial charge in [-0.25, -0.2) is 0 Å². The van der Waals surface area contributed by atoms with Gasteiger partial charge in [-0.1, -0.05) is 0 Å². The second-order valence-electron chi connectivity index (χ2n) is 1.27. The summed E-state index contributed by atoms with van der Waals surface area (Å²) in [6.45, 7) is 0. The van der Waals surface area contributed by atoms with Crippen molar-refractivity contribution in [3.63, 3.8) is 0 Å². The van der Waals surface area contributed by atoms with Crippen LogP contribution in [0.3, 0.4) is 0 Å². The maximum atomic E-state index is 3.60. The van der Waals surface area contributed by atoms with Gasteiger partial charge in [0.25, 0.3) is 0 Å². The zero-order valence-corrected chi connectivity index (χ0v) is 4.05. The van der Waals surface area contributed by atoms with E-state index in [1.807, 2.05) is 13.2 Å². The summed E-state index contributed by atoms with van der Waals surface area (Å²) < 4.78 is 0. The number of rotatable bonds is 0. The van der Waals surface area contributed by atoms with Crippen LogP contribution in [0.25, 0.3) is 0 Å². The van der Waals surface area contributed by atoms with Crippen LogP contribution in [0.4, 0.5) is 0 Å². The van der Waals surface area contributed by atoms with Crippen molar-refractivity contribution < 1.29 is 0 Å². The summed E-state index contributed by atoms with van der Waals surface area (Å²) in [6, 6.07) is 0. The summed E-state index contributed by atoms with van der Waals surface area (Å²) in [5.41, 5.74) is 2.61. The SMILES string of the molecule is CN1[C]=NNC=C1. The summed E-state index contributed by atoms with van der Waals surface area (Å²) in [5.74, 6) is 0. The maximum absolute atomic E-state index is 3.60. The van der Waals surface area contributed by atoms with Crippen molar-refractivity contribution in [2.75, 3.05) is 7.05 Å². The molecule has 7 heavy (non-hydrogen) atoms. The molecule has 1 aliphatic heterocycles. The fourth-order valence-electron chi connectivity index (χ4n) is 0.323. The molecule has 37 valence electrons. The minimum Gasteiger partial charge on any atom is -0.330 e.